The molecule has 0 aliphatic heterocycles. The predicted molar refractivity (Wildman–Crippen MR) is 56.8 cm³/mol. The Balaban J connectivity index is 2.88. The summed E-state index contributed by atoms with van der Waals surface area (Å²) in [5, 5.41) is 2.19. The lowest BCUT2D eigenvalue weighted by atomic mass is 10.2. The maximum absolute atomic E-state index is 11.4. The lowest BCUT2D eigenvalue weighted by Crippen LogP contribution is -2.07. The van der Waals surface area contributed by atoms with Gasteiger partial charge in [-0.1, -0.05) is 6.08 Å². The number of hydrogen-bond donors (Lipinski definition) is 1. The van der Waals surface area contributed by atoms with E-state index in [0.29, 0.717) is 23.0 Å². The van der Waals surface area contributed by atoms with Gasteiger partial charge in [-0.15, -0.1) is 11.3 Å². The fourth-order valence-corrected chi connectivity index (χ4v) is 1.55. The number of ether oxygens (including phenoxy) is 1. The average molecular weight is 212 g/mol. The normalized spacial score (nSPS) is 11.4. The number of anilines is 1. The van der Waals surface area contributed by atoms with Crippen LogP contribution in [0.15, 0.2) is 11.5 Å². The minimum Gasteiger partial charge on any atom is -0.462 e. The highest BCUT2D eigenvalue weighted by Gasteiger charge is 2.14. The van der Waals surface area contributed by atoms with Crippen LogP contribution in [0.5, 0.6) is 0 Å². The molecule has 1 aromatic rings. The first-order chi connectivity index (χ1) is 6.69. The number of thiazole rings is 1. The van der Waals surface area contributed by atoms with Gasteiger partial charge in [-0.2, -0.15) is 0 Å². The number of hydrogen-bond acceptors (Lipinski definition) is 5. The summed E-state index contributed by atoms with van der Waals surface area (Å²) in [6, 6.07) is 0. The molecule has 0 atom stereocenters. The number of carbonyl (C=O) groups is 1. The second kappa shape index (κ2) is 4.76. The number of allylic oxidation sites excluding steroid dienone is 1. The largest absolute Gasteiger partial charge is 0.462 e. The molecule has 0 fully saturated rings. The summed E-state index contributed by atoms with van der Waals surface area (Å²) in [7, 11) is 0. The number of nitrogens with two attached hydrogens (primary N) is 1. The first-order valence-electron chi connectivity index (χ1n) is 4.23. The molecule has 0 radical (unpaired) electrons. The molecule has 2 N–H and O–H groups in total. The number of nitrogen functional groups attached to an aromatic ring is 1. The third-order valence-electron chi connectivity index (χ3n) is 1.58. The van der Waals surface area contributed by atoms with Crippen molar-refractivity contribution < 1.29 is 9.53 Å². The van der Waals surface area contributed by atoms with E-state index in [2.05, 4.69) is 4.98 Å². The van der Waals surface area contributed by atoms with E-state index >= 15 is 0 Å². The summed E-state index contributed by atoms with van der Waals surface area (Å²) in [6.07, 6.45) is 1.67. The predicted octanol–water partition coefficient (Wildman–Crippen LogP) is 1.69. The van der Waals surface area contributed by atoms with Crippen LogP contribution in [0.4, 0.5) is 5.13 Å². The Morgan fingerprint density at radius 2 is 2.50 bits per heavy atom. The van der Waals surface area contributed by atoms with Gasteiger partial charge in [-0.3, -0.25) is 0 Å². The molecular weight excluding hydrogens is 200 g/mol. The van der Waals surface area contributed by atoms with Crippen LogP contribution in [-0.4, -0.2) is 17.6 Å². The quantitative estimate of drug-likeness (QED) is 0.611. The molecule has 0 aliphatic rings. The van der Waals surface area contributed by atoms with Crippen LogP contribution in [0, 0.1) is 0 Å². The third kappa shape index (κ3) is 2.32. The van der Waals surface area contributed by atoms with Crippen LogP contribution in [0.25, 0.3) is 5.57 Å². The van der Waals surface area contributed by atoms with E-state index in [9.17, 15) is 4.79 Å². The van der Waals surface area contributed by atoms with Crippen LogP contribution < -0.4 is 5.73 Å². The van der Waals surface area contributed by atoms with Crippen LogP contribution >= 0.6 is 11.3 Å². The molecule has 1 rings (SSSR count). The van der Waals surface area contributed by atoms with E-state index in [1.54, 1.807) is 25.3 Å². The molecule has 0 spiro atoms. The number of esters is 1. The van der Waals surface area contributed by atoms with Gasteiger partial charge in [0.15, 0.2) is 5.13 Å². The molecule has 0 aliphatic carbocycles. The molecule has 1 heterocycles. The van der Waals surface area contributed by atoms with E-state index < -0.39 is 0 Å². The topological polar surface area (TPSA) is 65.2 Å². The zero-order valence-corrected chi connectivity index (χ0v) is 8.93. The second-order valence-electron chi connectivity index (χ2n) is 2.49. The summed E-state index contributed by atoms with van der Waals surface area (Å²) < 4.78 is 4.88. The fourth-order valence-electron chi connectivity index (χ4n) is 0.990. The van der Waals surface area contributed by atoms with Crippen molar-refractivity contribution in [3.8, 4) is 0 Å². The van der Waals surface area contributed by atoms with E-state index in [0.717, 1.165) is 0 Å². The van der Waals surface area contributed by atoms with Crippen molar-refractivity contribution in [3.05, 3.63) is 17.2 Å². The van der Waals surface area contributed by atoms with Gasteiger partial charge in [0.25, 0.3) is 0 Å². The molecule has 0 saturated heterocycles. The average Bonchev–Trinajstić information content (AvgIpc) is 2.54. The third-order valence-corrected chi connectivity index (χ3v) is 2.26. The second-order valence-corrected chi connectivity index (χ2v) is 3.38. The van der Waals surface area contributed by atoms with Gasteiger partial charge in [0.1, 0.15) is 0 Å². The first kappa shape index (κ1) is 10.7. The Kier molecular flexibility index (Phi) is 3.64. The summed E-state index contributed by atoms with van der Waals surface area (Å²) in [5.41, 5.74) is 6.51. The molecule has 76 valence electrons. The minimum absolute atomic E-state index is 0.357. The van der Waals surface area contributed by atoms with E-state index in [-0.39, 0.29) is 5.97 Å². The Morgan fingerprint density at radius 3 is 2.93 bits per heavy atom. The van der Waals surface area contributed by atoms with Gasteiger partial charge in [-0.05, 0) is 13.8 Å². The summed E-state index contributed by atoms with van der Waals surface area (Å²) in [5.74, 6) is -0.361. The Hall–Kier alpha value is -1.36. The Morgan fingerprint density at radius 1 is 1.79 bits per heavy atom. The molecule has 0 unspecified atom stereocenters. The summed E-state index contributed by atoms with van der Waals surface area (Å²) in [6.45, 7) is 3.89. The zero-order valence-electron chi connectivity index (χ0n) is 8.11. The zero-order chi connectivity index (χ0) is 10.6. The summed E-state index contributed by atoms with van der Waals surface area (Å²) >= 11 is 1.30. The molecular formula is C9H12N2O2S. The Bertz CT molecular complexity index is 357. The van der Waals surface area contributed by atoms with Gasteiger partial charge >= 0.3 is 5.97 Å². The first-order valence-corrected chi connectivity index (χ1v) is 5.11. The lowest BCUT2D eigenvalue weighted by Gasteiger charge is -2.02. The van der Waals surface area contributed by atoms with Crippen molar-refractivity contribution in [1.29, 1.82) is 0 Å². The van der Waals surface area contributed by atoms with Crippen molar-refractivity contribution in [2.24, 2.45) is 0 Å². The van der Waals surface area contributed by atoms with Gasteiger partial charge < -0.3 is 10.5 Å². The lowest BCUT2D eigenvalue weighted by molar-refractivity contribution is -0.136. The highest BCUT2D eigenvalue weighted by atomic mass is 32.1. The van der Waals surface area contributed by atoms with Gasteiger partial charge in [-0.25, -0.2) is 9.78 Å². The number of carbonyl (C=O) groups excluding carboxylic acids is 1. The van der Waals surface area contributed by atoms with Crippen molar-refractivity contribution in [1.82, 2.24) is 4.98 Å². The maximum Gasteiger partial charge on any atom is 0.340 e. The monoisotopic (exact) mass is 212 g/mol. The molecule has 14 heavy (non-hydrogen) atoms. The Labute approximate surface area is 86.4 Å². The van der Waals surface area contributed by atoms with Crippen LogP contribution in [0.3, 0.4) is 0 Å². The molecule has 0 bridgehead atoms. The number of aromatic nitrogens is 1. The van der Waals surface area contributed by atoms with Gasteiger partial charge in [0.2, 0.25) is 0 Å². The molecule has 5 heteroatoms. The van der Waals surface area contributed by atoms with Crippen LogP contribution in [-0.2, 0) is 9.53 Å². The highest BCUT2D eigenvalue weighted by Crippen LogP contribution is 2.20. The maximum atomic E-state index is 11.4. The molecule has 1 aromatic heterocycles. The van der Waals surface area contributed by atoms with Gasteiger partial charge in [0, 0.05) is 5.38 Å². The smallest absolute Gasteiger partial charge is 0.340 e. The molecule has 4 nitrogen and oxygen atoms in total. The fraction of sp³-hybridized carbons (Fsp3) is 0.333. The standard InChI is InChI=1S/C9H12N2O2S/c1-3-6(8(12)13-4-2)7-5-14-9(10)11-7/h3,5H,4H2,1-2H3,(H2,10,11)/b6-3+. The highest BCUT2D eigenvalue weighted by molar-refractivity contribution is 7.13. The van der Waals surface area contributed by atoms with Gasteiger partial charge in [0.05, 0.1) is 17.9 Å². The molecule has 0 amide bonds. The van der Waals surface area contributed by atoms with E-state index in [4.69, 9.17) is 10.5 Å². The van der Waals surface area contributed by atoms with E-state index in [1.165, 1.54) is 11.3 Å². The van der Waals surface area contributed by atoms with Crippen molar-refractivity contribution in [2.45, 2.75) is 13.8 Å². The van der Waals surface area contributed by atoms with Crippen LogP contribution in [0.1, 0.15) is 19.5 Å². The van der Waals surface area contributed by atoms with Crippen LogP contribution in [0.2, 0.25) is 0 Å². The van der Waals surface area contributed by atoms with Crippen molar-refractivity contribution in [2.75, 3.05) is 12.3 Å². The van der Waals surface area contributed by atoms with Crippen molar-refractivity contribution >= 4 is 28.0 Å². The minimum atomic E-state index is -0.361. The summed E-state index contributed by atoms with van der Waals surface area (Å²) in [4.78, 5) is 15.4. The number of rotatable bonds is 3. The SMILES string of the molecule is C/C=C(/C(=O)OCC)c1csc(N)n1. The molecule has 0 aromatic carbocycles. The van der Waals surface area contributed by atoms with E-state index in [1.807, 2.05) is 0 Å². The number of nitrogens with zero attached hydrogens (tertiary/aromatic N) is 1. The molecule has 0 saturated carbocycles. The van der Waals surface area contributed by atoms with Crippen molar-refractivity contribution in [3.63, 3.8) is 0 Å².